The number of anilines is 1. The quantitative estimate of drug-likeness (QED) is 0.441. The monoisotopic (exact) mass is 396 g/mol. The number of ether oxygens (including phenoxy) is 1. The number of para-hydroxylation sites is 1. The lowest BCUT2D eigenvalue weighted by Crippen LogP contribution is -2.26. The minimum atomic E-state index is -0.702. The van der Waals surface area contributed by atoms with Crippen LogP contribution in [-0.2, 0) is 11.3 Å². The molecular formula is C19H16N4O6. The smallest absolute Gasteiger partial charge is 0.406 e. The Morgan fingerprint density at radius 1 is 1.14 bits per heavy atom. The second-order valence-corrected chi connectivity index (χ2v) is 5.73. The van der Waals surface area contributed by atoms with Crippen LogP contribution in [0.2, 0.25) is 0 Å². The average molecular weight is 396 g/mol. The van der Waals surface area contributed by atoms with Crippen molar-refractivity contribution in [1.82, 2.24) is 10.3 Å². The Kier molecular flexibility index (Phi) is 6.15. The van der Waals surface area contributed by atoms with Gasteiger partial charge in [-0.25, -0.2) is 0 Å². The van der Waals surface area contributed by atoms with Crippen LogP contribution >= 0.6 is 0 Å². The lowest BCUT2D eigenvalue weighted by molar-refractivity contribution is -0.390. The number of hydrogen-bond donors (Lipinski definition) is 2. The van der Waals surface area contributed by atoms with Crippen LogP contribution in [0, 0.1) is 10.1 Å². The largest absolute Gasteiger partial charge is 0.476 e. The van der Waals surface area contributed by atoms with Crippen LogP contribution in [0.1, 0.15) is 16.1 Å². The summed E-state index contributed by atoms with van der Waals surface area (Å²) in [6, 6.07) is 12.7. The zero-order valence-corrected chi connectivity index (χ0v) is 15.0. The third-order valence-electron chi connectivity index (χ3n) is 3.73. The number of carbonyl (C=O) groups is 2. The third kappa shape index (κ3) is 5.16. The fourth-order valence-corrected chi connectivity index (χ4v) is 2.43. The Balaban J connectivity index is 1.62. The van der Waals surface area contributed by atoms with Crippen molar-refractivity contribution in [3.8, 4) is 5.75 Å². The molecule has 0 aliphatic carbocycles. The van der Waals surface area contributed by atoms with Crippen molar-refractivity contribution >= 4 is 23.3 Å². The van der Waals surface area contributed by atoms with Gasteiger partial charge in [0.2, 0.25) is 5.75 Å². The van der Waals surface area contributed by atoms with Crippen LogP contribution in [-0.4, -0.2) is 28.3 Å². The molecule has 1 aromatic carbocycles. The summed E-state index contributed by atoms with van der Waals surface area (Å²) < 4.78 is 10.4. The van der Waals surface area contributed by atoms with Gasteiger partial charge in [0.15, 0.2) is 6.61 Å². The maximum Gasteiger partial charge on any atom is 0.406 e. The van der Waals surface area contributed by atoms with Gasteiger partial charge in [-0.1, -0.05) is 12.1 Å². The van der Waals surface area contributed by atoms with Gasteiger partial charge in [-0.05, 0) is 46.3 Å². The van der Waals surface area contributed by atoms with E-state index in [0.29, 0.717) is 5.76 Å². The summed E-state index contributed by atoms with van der Waals surface area (Å²) in [7, 11) is 0. The first-order chi connectivity index (χ1) is 14.0. The Labute approximate surface area is 164 Å². The molecule has 2 amide bonds. The number of pyridine rings is 1. The normalized spacial score (nSPS) is 10.2. The predicted molar refractivity (Wildman–Crippen MR) is 101 cm³/mol. The summed E-state index contributed by atoms with van der Waals surface area (Å²) in [5.74, 6) is -1.02. The highest BCUT2D eigenvalue weighted by molar-refractivity contribution is 6.04. The van der Waals surface area contributed by atoms with Crippen molar-refractivity contribution in [3.63, 3.8) is 0 Å². The first kappa shape index (κ1) is 19.5. The number of amides is 2. The SMILES string of the molecule is O=C(COc1cccnc1[N+](=O)[O-])Nc1ccccc1C(=O)NCc1ccco1. The molecule has 0 radical (unpaired) electrons. The molecule has 2 N–H and O–H groups in total. The molecule has 0 bridgehead atoms. The van der Waals surface area contributed by atoms with Gasteiger partial charge < -0.3 is 29.9 Å². The maximum absolute atomic E-state index is 12.4. The topological polar surface area (TPSA) is 137 Å². The van der Waals surface area contributed by atoms with Crippen LogP contribution < -0.4 is 15.4 Å². The zero-order valence-electron chi connectivity index (χ0n) is 15.0. The number of rotatable bonds is 8. The van der Waals surface area contributed by atoms with Crippen LogP contribution in [0.4, 0.5) is 11.5 Å². The van der Waals surface area contributed by atoms with Crippen LogP contribution in [0.25, 0.3) is 0 Å². The van der Waals surface area contributed by atoms with E-state index in [4.69, 9.17) is 9.15 Å². The maximum atomic E-state index is 12.4. The highest BCUT2D eigenvalue weighted by Gasteiger charge is 2.18. The molecule has 0 unspecified atom stereocenters. The second kappa shape index (κ2) is 9.13. The molecule has 148 valence electrons. The van der Waals surface area contributed by atoms with Crippen molar-refractivity contribution in [3.05, 3.63) is 82.4 Å². The number of nitrogens with one attached hydrogen (secondary N) is 2. The number of nitrogens with zero attached hydrogens (tertiary/aromatic N) is 2. The van der Waals surface area contributed by atoms with Crippen molar-refractivity contribution in [1.29, 1.82) is 0 Å². The number of carbonyl (C=O) groups excluding carboxylic acids is 2. The summed E-state index contributed by atoms with van der Waals surface area (Å²) in [4.78, 5) is 38.5. The lowest BCUT2D eigenvalue weighted by atomic mass is 10.1. The Morgan fingerprint density at radius 2 is 1.97 bits per heavy atom. The van der Waals surface area contributed by atoms with E-state index in [1.54, 1.807) is 36.4 Å². The molecule has 2 heterocycles. The molecule has 0 atom stereocenters. The van der Waals surface area contributed by atoms with Gasteiger partial charge in [0.1, 0.15) is 12.0 Å². The van der Waals surface area contributed by atoms with Gasteiger partial charge in [0.25, 0.3) is 11.8 Å². The van der Waals surface area contributed by atoms with E-state index in [1.807, 2.05) is 0 Å². The van der Waals surface area contributed by atoms with Gasteiger partial charge in [-0.15, -0.1) is 0 Å². The molecule has 0 aliphatic heterocycles. The number of benzene rings is 1. The van der Waals surface area contributed by atoms with Crippen molar-refractivity contribution < 1.29 is 23.7 Å². The first-order valence-electron chi connectivity index (χ1n) is 8.46. The summed E-state index contributed by atoms with van der Waals surface area (Å²) in [6.45, 7) is -0.295. The summed E-state index contributed by atoms with van der Waals surface area (Å²) in [5, 5.41) is 16.2. The van der Waals surface area contributed by atoms with Gasteiger partial charge in [-0.2, -0.15) is 0 Å². The summed E-state index contributed by atoms with van der Waals surface area (Å²) in [6.07, 6.45) is 2.75. The highest BCUT2D eigenvalue weighted by Crippen LogP contribution is 2.23. The summed E-state index contributed by atoms with van der Waals surface area (Å²) in [5.41, 5.74) is 0.526. The second-order valence-electron chi connectivity index (χ2n) is 5.73. The first-order valence-corrected chi connectivity index (χ1v) is 8.46. The van der Waals surface area contributed by atoms with E-state index in [0.717, 1.165) is 0 Å². The molecule has 3 rings (SSSR count). The van der Waals surface area contributed by atoms with Crippen LogP contribution in [0.5, 0.6) is 5.75 Å². The van der Waals surface area contributed by atoms with Crippen molar-refractivity contribution in [2.24, 2.45) is 0 Å². The van der Waals surface area contributed by atoms with Crippen molar-refractivity contribution in [2.75, 3.05) is 11.9 Å². The van der Waals surface area contributed by atoms with Gasteiger partial charge >= 0.3 is 5.82 Å². The van der Waals surface area contributed by atoms with E-state index in [2.05, 4.69) is 15.6 Å². The molecule has 2 aromatic heterocycles. The predicted octanol–water partition coefficient (Wildman–Crippen LogP) is 2.53. The molecule has 0 spiro atoms. The summed E-state index contributed by atoms with van der Waals surface area (Å²) >= 11 is 0. The van der Waals surface area contributed by atoms with Gasteiger partial charge in [0, 0.05) is 0 Å². The highest BCUT2D eigenvalue weighted by atomic mass is 16.6. The standard InChI is InChI=1S/C19H16N4O6/c24-17(12-29-16-8-3-9-20-18(16)23(26)27)22-15-7-2-1-6-14(15)19(25)21-11-13-5-4-10-28-13/h1-10H,11-12H2,(H,21,25)(H,22,24). The Morgan fingerprint density at radius 3 is 2.72 bits per heavy atom. The Bertz CT molecular complexity index is 1020. The van der Waals surface area contributed by atoms with Crippen LogP contribution in [0.15, 0.2) is 65.4 Å². The van der Waals surface area contributed by atoms with E-state index < -0.39 is 29.2 Å². The molecule has 10 nitrogen and oxygen atoms in total. The fourth-order valence-electron chi connectivity index (χ4n) is 2.43. The third-order valence-corrected chi connectivity index (χ3v) is 3.73. The van der Waals surface area contributed by atoms with E-state index >= 15 is 0 Å². The lowest BCUT2D eigenvalue weighted by Gasteiger charge is -2.11. The van der Waals surface area contributed by atoms with E-state index in [9.17, 15) is 19.7 Å². The number of hydrogen-bond acceptors (Lipinski definition) is 7. The molecule has 0 saturated heterocycles. The minimum absolute atomic E-state index is 0.128. The van der Waals surface area contributed by atoms with E-state index in [-0.39, 0.29) is 23.5 Å². The molecule has 0 aliphatic rings. The molecule has 0 fully saturated rings. The molecule has 29 heavy (non-hydrogen) atoms. The van der Waals surface area contributed by atoms with E-state index in [1.165, 1.54) is 24.6 Å². The number of furan rings is 1. The van der Waals surface area contributed by atoms with Crippen molar-refractivity contribution in [2.45, 2.75) is 6.54 Å². The van der Waals surface area contributed by atoms with Gasteiger partial charge in [0.05, 0.1) is 24.1 Å². The van der Waals surface area contributed by atoms with Crippen LogP contribution in [0.3, 0.4) is 0 Å². The molecule has 0 saturated carbocycles. The van der Waals surface area contributed by atoms with Gasteiger partial charge in [-0.3, -0.25) is 9.59 Å². The molecular weight excluding hydrogens is 380 g/mol. The zero-order chi connectivity index (χ0) is 20.6. The number of aromatic nitrogens is 1. The average Bonchev–Trinajstić information content (AvgIpc) is 3.25. The molecule has 10 heteroatoms. The fraction of sp³-hybridized carbons (Fsp3) is 0.105. The molecule has 3 aromatic rings. The minimum Gasteiger partial charge on any atom is -0.476 e. The Hall–Kier alpha value is -4.21. The number of nitro groups is 1.